The Hall–Kier alpha value is -3.26. The van der Waals surface area contributed by atoms with Gasteiger partial charge in [-0.2, -0.15) is 4.98 Å². The van der Waals surface area contributed by atoms with E-state index in [1.165, 1.54) is 23.3 Å². The summed E-state index contributed by atoms with van der Waals surface area (Å²) in [4.78, 5) is 15.7. The minimum Gasteiger partial charge on any atom is -0.481 e. The third kappa shape index (κ3) is 4.94. The average molecular weight is 554 g/mol. The maximum Gasteiger partial charge on any atom is 0.306 e. The van der Waals surface area contributed by atoms with Crippen LogP contribution in [0.1, 0.15) is 42.0 Å². The summed E-state index contributed by atoms with van der Waals surface area (Å²) in [6.45, 7) is 1.91. The fourth-order valence-corrected chi connectivity index (χ4v) is 5.60. The predicted octanol–water partition coefficient (Wildman–Crippen LogP) is 7.03. The molecule has 6 rings (SSSR count). The number of aliphatic carboxylic acids is 1. The Morgan fingerprint density at radius 2 is 1.87 bits per heavy atom. The Labute approximate surface area is 230 Å². The Morgan fingerprint density at radius 3 is 2.63 bits per heavy atom. The summed E-state index contributed by atoms with van der Waals surface area (Å²) in [7, 11) is 0. The summed E-state index contributed by atoms with van der Waals surface area (Å²) in [5, 5.41) is 17.4. The number of fused-ring (bicyclic) bond motifs is 1. The molecule has 6 nitrogen and oxygen atoms in total. The van der Waals surface area contributed by atoms with Crippen LogP contribution >= 0.6 is 24.0 Å². The van der Waals surface area contributed by atoms with Crippen molar-refractivity contribution in [1.82, 2.24) is 15.5 Å². The van der Waals surface area contributed by atoms with E-state index in [9.17, 15) is 9.18 Å². The number of halogens is 3. The van der Waals surface area contributed by atoms with Crippen LogP contribution in [0.5, 0.6) is 0 Å². The highest BCUT2D eigenvalue weighted by molar-refractivity contribution is 6.30. The quantitative estimate of drug-likeness (QED) is 0.266. The molecule has 1 saturated carbocycles. The largest absolute Gasteiger partial charge is 0.481 e. The highest BCUT2D eigenvalue weighted by atomic mass is 35.5. The van der Waals surface area contributed by atoms with E-state index < -0.39 is 5.97 Å². The maximum absolute atomic E-state index is 14.4. The zero-order valence-corrected chi connectivity index (χ0v) is 22.2. The molecule has 1 heterocycles. The average Bonchev–Trinajstić information content (AvgIpc) is 3.50. The minimum absolute atomic E-state index is 0. The van der Waals surface area contributed by atoms with Crippen LogP contribution in [0.2, 0.25) is 5.02 Å². The van der Waals surface area contributed by atoms with Crippen LogP contribution in [-0.4, -0.2) is 27.3 Å². The third-order valence-electron chi connectivity index (χ3n) is 7.52. The number of aromatic nitrogens is 2. The molecule has 2 aliphatic carbocycles. The van der Waals surface area contributed by atoms with E-state index in [1.54, 1.807) is 6.07 Å². The monoisotopic (exact) mass is 553 g/mol. The lowest BCUT2D eigenvalue weighted by Gasteiger charge is -2.35. The second-order valence-corrected chi connectivity index (χ2v) is 10.4. The van der Waals surface area contributed by atoms with Gasteiger partial charge in [0, 0.05) is 33.8 Å². The van der Waals surface area contributed by atoms with Crippen molar-refractivity contribution in [3.8, 4) is 34.0 Å². The van der Waals surface area contributed by atoms with Crippen molar-refractivity contribution in [3.63, 3.8) is 0 Å². The van der Waals surface area contributed by atoms with Gasteiger partial charge in [-0.25, -0.2) is 4.39 Å². The van der Waals surface area contributed by atoms with Gasteiger partial charge in [0.15, 0.2) is 0 Å². The molecule has 0 spiro atoms. The van der Waals surface area contributed by atoms with Gasteiger partial charge in [0.1, 0.15) is 5.82 Å². The molecule has 2 N–H and O–H groups in total. The minimum atomic E-state index is -0.699. The number of benzene rings is 3. The molecule has 4 aromatic rings. The van der Waals surface area contributed by atoms with E-state index in [-0.39, 0.29) is 36.2 Å². The number of nitrogens with one attached hydrogen (secondary N) is 1. The fraction of sp³-hybridized carbons (Fsp3) is 0.276. The SMILES string of the molecule is Cc1cc(-c2nc(-c3ccc4c(c3)CCC4NC3CC(C(=O)O)C3)no2)ccc1-c1cc(Cl)ccc1F.Cl. The van der Waals surface area contributed by atoms with Crippen LogP contribution in [0, 0.1) is 18.7 Å². The van der Waals surface area contributed by atoms with Crippen molar-refractivity contribution in [2.45, 2.75) is 44.7 Å². The van der Waals surface area contributed by atoms with E-state index in [4.69, 9.17) is 21.2 Å². The van der Waals surface area contributed by atoms with Crippen LogP contribution in [0.3, 0.4) is 0 Å². The zero-order valence-electron chi connectivity index (χ0n) is 20.6. The highest BCUT2D eigenvalue weighted by Gasteiger charge is 2.36. The number of carboxylic acid groups (broad SMARTS) is 1. The molecule has 0 aliphatic heterocycles. The topological polar surface area (TPSA) is 88.2 Å². The normalized spacial score (nSPS) is 19.9. The van der Waals surface area contributed by atoms with Gasteiger partial charge in [0.2, 0.25) is 5.82 Å². The Bertz CT molecular complexity index is 1520. The number of aryl methyl sites for hydroxylation is 2. The number of nitrogens with zero attached hydrogens (tertiary/aromatic N) is 2. The van der Waals surface area contributed by atoms with Crippen molar-refractivity contribution in [1.29, 1.82) is 0 Å². The lowest BCUT2D eigenvalue weighted by Crippen LogP contribution is -2.45. The summed E-state index contributed by atoms with van der Waals surface area (Å²) in [6, 6.07) is 16.8. The predicted molar refractivity (Wildman–Crippen MR) is 146 cm³/mol. The lowest BCUT2D eigenvalue weighted by atomic mass is 9.80. The van der Waals surface area contributed by atoms with Crippen LogP contribution in [0.4, 0.5) is 4.39 Å². The number of hydrogen-bond acceptors (Lipinski definition) is 5. The summed E-state index contributed by atoms with van der Waals surface area (Å²) >= 11 is 6.07. The summed E-state index contributed by atoms with van der Waals surface area (Å²) in [6.07, 6.45) is 3.32. The van der Waals surface area contributed by atoms with Crippen LogP contribution in [-0.2, 0) is 11.2 Å². The van der Waals surface area contributed by atoms with Crippen LogP contribution in [0.15, 0.2) is 59.1 Å². The standard InChI is InChI=1S/C29H25ClFN3O3.ClH/c1-15-10-18(3-6-22(15)24-14-20(30)5-8-25(24)31)28-33-27(34-37-28)17-2-7-23-16(11-17)4-9-26(23)32-21-12-19(13-21)29(35)36;/h2-3,5-8,10-11,14,19,21,26,32H,4,9,12-13H2,1H3,(H,35,36);1H. The molecular weight excluding hydrogens is 528 g/mol. The number of rotatable bonds is 6. The molecule has 0 radical (unpaired) electrons. The smallest absolute Gasteiger partial charge is 0.306 e. The number of carboxylic acids is 1. The Kier molecular flexibility index (Phi) is 7.27. The fourth-order valence-electron chi connectivity index (χ4n) is 5.43. The molecule has 196 valence electrons. The van der Waals surface area contributed by atoms with Crippen LogP contribution < -0.4 is 5.32 Å². The highest BCUT2D eigenvalue weighted by Crippen LogP contribution is 2.38. The van der Waals surface area contributed by atoms with Gasteiger partial charge >= 0.3 is 5.97 Å². The first-order valence-electron chi connectivity index (χ1n) is 12.4. The molecule has 38 heavy (non-hydrogen) atoms. The molecule has 1 fully saturated rings. The van der Waals surface area contributed by atoms with Crippen molar-refractivity contribution < 1.29 is 18.8 Å². The second kappa shape index (κ2) is 10.5. The second-order valence-electron chi connectivity index (χ2n) is 9.95. The Morgan fingerprint density at radius 1 is 1.08 bits per heavy atom. The molecule has 0 bridgehead atoms. The van der Waals surface area contributed by atoms with Crippen LogP contribution in [0.25, 0.3) is 34.0 Å². The van der Waals surface area contributed by atoms with Crippen molar-refractivity contribution >= 4 is 30.0 Å². The van der Waals surface area contributed by atoms with E-state index in [2.05, 4.69) is 27.6 Å². The summed E-state index contributed by atoms with van der Waals surface area (Å²) < 4.78 is 19.9. The molecule has 0 amide bonds. The van der Waals surface area contributed by atoms with Crippen molar-refractivity contribution in [2.24, 2.45) is 5.92 Å². The first-order chi connectivity index (χ1) is 17.9. The van der Waals surface area contributed by atoms with Gasteiger partial charge < -0.3 is 14.9 Å². The molecular formula is C29H26Cl2FN3O3. The van der Waals surface area contributed by atoms with E-state index in [1.807, 2.05) is 31.2 Å². The van der Waals surface area contributed by atoms with Gasteiger partial charge in [0.05, 0.1) is 5.92 Å². The zero-order chi connectivity index (χ0) is 25.7. The lowest BCUT2D eigenvalue weighted by molar-refractivity contribution is -0.145. The first kappa shape index (κ1) is 26.4. The van der Waals surface area contributed by atoms with Gasteiger partial charge in [-0.1, -0.05) is 35.0 Å². The van der Waals surface area contributed by atoms with Crippen molar-refractivity contribution in [3.05, 3.63) is 82.1 Å². The number of hydrogen-bond donors (Lipinski definition) is 2. The molecule has 1 atom stereocenters. The summed E-state index contributed by atoms with van der Waals surface area (Å²) in [5.74, 6) is -0.331. The molecule has 9 heteroatoms. The first-order valence-corrected chi connectivity index (χ1v) is 12.8. The molecule has 0 saturated heterocycles. The molecule has 1 unspecified atom stereocenters. The molecule has 1 aromatic heterocycles. The van der Waals surface area contributed by atoms with E-state index in [0.29, 0.717) is 35.1 Å². The van der Waals surface area contributed by atoms with E-state index in [0.717, 1.165) is 35.1 Å². The summed E-state index contributed by atoms with van der Waals surface area (Å²) in [5.41, 5.74) is 6.23. The van der Waals surface area contributed by atoms with Gasteiger partial charge in [-0.3, -0.25) is 4.79 Å². The van der Waals surface area contributed by atoms with Gasteiger partial charge in [0.25, 0.3) is 5.89 Å². The Balaban J connectivity index is 0.00000294. The molecule has 3 aromatic carbocycles. The third-order valence-corrected chi connectivity index (χ3v) is 7.76. The van der Waals surface area contributed by atoms with Gasteiger partial charge in [-0.15, -0.1) is 12.4 Å². The number of carbonyl (C=O) groups is 1. The molecule has 2 aliphatic rings. The maximum atomic E-state index is 14.4. The van der Waals surface area contributed by atoms with Gasteiger partial charge in [-0.05, 0) is 91.3 Å². The van der Waals surface area contributed by atoms with E-state index >= 15 is 0 Å². The van der Waals surface area contributed by atoms with Crippen molar-refractivity contribution in [2.75, 3.05) is 0 Å².